The fraction of sp³-hybridized carbons (Fsp3) is 0.389. The van der Waals surface area contributed by atoms with Gasteiger partial charge in [-0.25, -0.2) is 4.79 Å². The first kappa shape index (κ1) is 18.2. The summed E-state index contributed by atoms with van der Waals surface area (Å²) >= 11 is 0. The summed E-state index contributed by atoms with van der Waals surface area (Å²) in [5, 5.41) is 14.7. The summed E-state index contributed by atoms with van der Waals surface area (Å²) in [6, 6.07) is 10.6. The van der Waals surface area contributed by atoms with Crippen molar-refractivity contribution in [2.75, 3.05) is 26.3 Å². The fourth-order valence-electron chi connectivity index (χ4n) is 2.19. The van der Waals surface area contributed by atoms with Crippen molar-refractivity contribution in [2.24, 2.45) is 5.73 Å². The van der Waals surface area contributed by atoms with Crippen molar-refractivity contribution < 1.29 is 19.4 Å². The van der Waals surface area contributed by atoms with Crippen LogP contribution in [0.1, 0.15) is 23.7 Å². The molecule has 2 aromatic carbocycles. The minimum Gasteiger partial charge on any atom is -0.507 e. The van der Waals surface area contributed by atoms with Gasteiger partial charge in [-0.3, -0.25) is 5.73 Å². The lowest BCUT2D eigenvalue weighted by atomic mass is 10.1. The highest BCUT2D eigenvalue weighted by molar-refractivity contribution is 5.98. The van der Waals surface area contributed by atoms with E-state index in [0.717, 1.165) is 37.1 Å². The number of nitrogens with one attached hydrogen (secondary N) is 1. The van der Waals surface area contributed by atoms with Crippen molar-refractivity contribution in [3.05, 3.63) is 42.0 Å². The molecule has 130 valence electrons. The summed E-state index contributed by atoms with van der Waals surface area (Å²) in [7, 11) is 0. The molecule has 0 radical (unpaired) electrons. The van der Waals surface area contributed by atoms with Crippen LogP contribution in [0.4, 0.5) is 0 Å². The molecule has 6 nitrogen and oxygen atoms in total. The number of aromatic hydroxyl groups is 1. The lowest BCUT2D eigenvalue weighted by Gasteiger charge is -2.12. The largest absolute Gasteiger partial charge is 0.507 e. The predicted molar refractivity (Wildman–Crippen MR) is 93.0 cm³/mol. The van der Waals surface area contributed by atoms with E-state index in [1.54, 1.807) is 12.1 Å². The number of phenolic OH excluding ortho intramolecular Hbond substituents is 1. The second-order valence-corrected chi connectivity index (χ2v) is 5.43. The number of nitrogens with two attached hydrogens (primary N) is 1. The van der Waals surface area contributed by atoms with Crippen LogP contribution in [0.3, 0.4) is 0 Å². The van der Waals surface area contributed by atoms with E-state index in [1.807, 2.05) is 31.2 Å². The third kappa shape index (κ3) is 5.19. The number of phenols is 1. The molecule has 0 amide bonds. The van der Waals surface area contributed by atoms with Crippen LogP contribution < -0.4 is 11.1 Å². The van der Waals surface area contributed by atoms with Gasteiger partial charge in [0, 0.05) is 13.1 Å². The fourth-order valence-corrected chi connectivity index (χ4v) is 2.19. The molecule has 0 saturated carbocycles. The predicted octanol–water partition coefficient (Wildman–Crippen LogP) is 2.00. The van der Waals surface area contributed by atoms with Crippen molar-refractivity contribution in [3.8, 4) is 5.75 Å². The number of hydrogen-bond donors (Lipinski definition) is 3. The second kappa shape index (κ2) is 9.22. The van der Waals surface area contributed by atoms with E-state index in [0.29, 0.717) is 6.42 Å². The molecular weight excluding hydrogens is 308 g/mol. The van der Waals surface area contributed by atoms with Crippen molar-refractivity contribution >= 4 is 16.7 Å². The molecule has 1 fully saturated rings. The number of rotatable bonds is 3. The van der Waals surface area contributed by atoms with Gasteiger partial charge in [-0.05, 0) is 29.3 Å². The van der Waals surface area contributed by atoms with Gasteiger partial charge >= 0.3 is 5.97 Å². The lowest BCUT2D eigenvalue weighted by molar-refractivity contribution is 0.0305. The Kier molecular flexibility index (Phi) is 6.99. The monoisotopic (exact) mass is 332 g/mol. The summed E-state index contributed by atoms with van der Waals surface area (Å²) < 4.78 is 10.0. The van der Waals surface area contributed by atoms with Gasteiger partial charge in [0.2, 0.25) is 0 Å². The molecule has 1 aliphatic rings. The Morgan fingerprint density at radius 3 is 2.42 bits per heavy atom. The van der Waals surface area contributed by atoms with Crippen molar-refractivity contribution in [3.63, 3.8) is 0 Å². The van der Waals surface area contributed by atoms with Gasteiger partial charge in [-0.15, -0.1) is 0 Å². The number of benzene rings is 2. The van der Waals surface area contributed by atoms with E-state index in [4.69, 9.17) is 15.2 Å². The SMILES string of the molecule is C1COCCN1.CCC(N)OC(=O)c1cc2ccccc2cc1O. The Morgan fingerprint density at radius 2 is 1.92 bits per heavy atom. The number of hydrogen-bond acceptors (Lipinski definition) is 6. The standard InChI is InChI=1S/C14H15NO3.C4H9NO/c1-2-13(15)18-14(17)11-7-9-5-3-4-6-10(9)8-12(11)16;1-3-6-4-2-5-1/h3-8,13,16H,2,15H2,1H3;5H,1-4H2. The van der Waals surface area contributed by atoms with E-state index >= 15 is 0 Å². The number of esters is 1. The molecule has 1 saturated heterocycles. The van der Waals surface area contributed by atoms with Gasteiger partial charge in [0.05, 0.1) is 13.2 Å². The van der Waals surface area contributed by atoms with Crippen molar-refractivity contribution in [1.29, 1.82) is 0 Å². The Labute approximate surface area is 141 Å². The molecule has 2 aromatic rings. The van der Waals surface area contributed by atoms with E-state index < -0.39 is 12.2 Å². The van der Waals surface area contributed by atoms with Gasteiger partial charge in [0.25, 0.3) is 0 Å². The summed E-state index contributed by atoms with van der Waals surface area (Å²) in [6.45, 7) is 5.65. The van der Waals surface area contributed by atoms with Crippen LogP contribution in [-0.2, 0) is 9.47 Å². The van der Waals surface area contributed by atoms with Crippen molar-refractivity contribution in [1.82, 2.24) is 5.32 Å². The number of ether oxygens (including phenoxy) is 2. The topological polar surface area (TPSA) is 93.8 Å². The molecule has 0 aromatic heterocycles. The smallest absolute Gasteiger partial charge is 0.343 e. The number of carbonyl (C=O) groups excluding carboxylic acids is 1. The van der Waals surface area contributed by atoms with Gasteiger partial charge < -0.3 is 19.9 Å². The maximum absolute atomic E-state index is 11.8. The molecule has 1 atom stereocenters. The van der Waals surface area contributed by atoms with Crippen LogP contribution in [0.2, 0.25) is 0 Å². The number of carbonyl (C=O) groups is 1. The van der Waals surface area contributed by atoms with E-state index in [9.17, 15) is 9.90 Å². The highest BCUT2D eigenvalue weighted by Gasteiger charge is 2.16. The molecule has 1 aliphatic heterocycles. The summed E-state index contributed by atoms with van der Waals surface area (Å²) in [5.41, 5.74) is 5.69. The summed E-state index contributed by atoms with van der Waals surface area (Å²) in [4.78, 5) is 11.8. The molecule has 6 heteroatoms. The summed E-state index contributed by atoms with van der Waals surface area (Å²) in [5.74, 6) is -0.699. The molecule has 0 spiro atoms. The molecule has 0 aliphatic carbocycles. The molecule has 24 heavy (non-hydrogen) atoms. The van der Waals surface area contributed by atoms with Gasteiger partial charge in [0.15, 0.2) is 6.23 Å². The molecule has 4 N–H and O–H groups in total. The Bertz CT molecular complexity index is 660. The zero-order chi connectivity index (χ0) is 17.4. The first-order valence-electron chi connectivity index (χ1n) is 8.08. The summed E-state index contributed by atoms with van der Waals surface area (Å²) in [6.07, 6.45) is -0.122. The van der Waals surface area contributed by atoms with Gasteiger partial charge in [-0.2, -0.15) is 0 Å². The number of fused-ring (bicyclic) bond motifs is 1. The van der Waals surface area contributed by atoms with Crippen LogP contribution in [0.25, 0.3) is 10.8 Å². The maximum atomic E-state index is 11.8. The quantitative estimate of drug-likeness (QED) is 0.588. The van der Waals surface area contributed by atoms with Crippen LogP contribution in [0, 0.1) is 0 Å². The zero-order valence-corrected chi connectivity index (χ0v) is 13.8. The highest BCUT2D eigenvalue weighted by Crippen LogP contribution is 2.25. The minimum absolute atomic E-state index is 0.0954. The molecular formula is C18H24N2O4. The maximum Gasteiger partial charge on any atom is 0.343 e. The first-order chi connectivity index (χ1) is 11.6. The normalized spacial score (nSPS) is 15.2. The van der Waals surface area contributed by atoms with Crippen LogP contribution in [0.15, 0.2) is 36.4 Å². The molecule has 3 rings (SSSR count). The lowest BCUT2D eigenvalue weighted by Crippen LogP contribution is -2.30. The third-order valence-electron chi connectivity index (χ3n) is 3.59. The average molecular weight is 332 g/mol. The van der Waals surface area contributed by atoms with Crippen molar-refractivity contribution in [2.45, 2.75) is 19.6 Å². The van der Waals surface area contributed by atoms with Crippen LogP contribution in [-0.4, -0.2) is 43.6 Å². The zero-order valence-electron chi connectivity index (χ0n) is 13.8. The van der Waals surface area contributed by atoms with E-state index in [2.05, 4.69) is 5.32 Å². The Hall–Kier alpha value is -2.15. The molecule has 1 heterocycles. The van der Waals surface area contributed by atoms with E-state index in [-0.39, 0.29) is 11.3 Å². The Balaban J connectivity index is 0.000000292. The minimum atomic E-state index is -0.650. The third-order valence-corrected chi connectivity index (χ3v) is 3.59. The molecule has 0 bridgehead atoms. The average Bonchev–Trinajstić information content (AvgIpc) is 2.63. The highest BCUT2D eigenvalue weighted by atomic mass is 16.6. The number of morpholine rings is 1. The van der Waals surface area contributed by atoms with Crippen LogP contribution >= 0.6 is 0 Å². The first-order valence-corrected chi connectivity index (χ1v) is 8.08. The van der Waals surface area contributed by atoms with Gasteiger partial charge in [-0.1, -0.05) is 31.2 Å². The van der Waals surface area contributed by atoms with Gasteiger partial charge in [0.1, 0.15) is 11.3 Å². The molecule has 1 unspecified atom stereocenters. The van der Waals surface area contributed by atoms with Crippen LogP contribution in [0.5, 0.6) is 5.75 Å². The Morgan fingerprint density at radius 1 is 1.29 bits per heavy atom. The second-order valence-electron chi connectivity index (χ2n) is 5.43. The van der Waals surface area contributed by atoms with E-state index in [1.165, 1.54) is 0 Å².